The van der Waals surface area contributed by atoms with Crippen molar-refractivity contribution < 1.29 is 14.3 Å². The molecule has 8 nitrogen and oxygen atoms in total. The number of primary amides is 1. The van der Waals surface area contributed by atoms with Gasteiger partial charge in [-0.3, -0.25) is 0 Å². The Balaban J connectivity index is 2.28. The molecule has 31 heavy (non-hydrogen) atoms. The predicted molar refractivity (Wildman–Crippen MR) is 120 cm³/mol. The van der Waals surface area contributed by atoms with Gasteiger partial charge in [-0.15, -0.1) is 0 Å². The van der Waals surface area contributed by atoms with Crippen LogP contribution in [0, 0.1) is 5.92 Å². The number of carbonyl (C=O) groups excluding carboxylic acids is 1. The van der Waals surface area contributed by atoms with E-state index in [9.17, 15) is 14.7 Å². The van der Waals surface area contributed by atoms with Crippen LogP contribution in [0.4, 0.5) is 4.79 Å². The molecule has 0 fully saturated rings. The van der Waals surface area contributed by atoms with Crippen molar-refractivity contribution >= 4 is 22.7 Å². The average molecular weight is 422 g/mol. The van der Waals surface area contributed by atoms with Gasteiger partial charge in [0.1, 0.15) is 11.3 Å². The molecule has 1 aromatic heterocycles. The van der Waals surface area contributed by atoms with E-state index in [-0.39, 0.29) is 17.2 Å². The number of nitrogens with two attached hydrogens (primary N) is 1. The van der Waals surface area contributed by atoms with E-state index in [0.29, 0.717) is 23.2 Å². The van der Waals surface area contributed by atoms with Crippen LogP contribution < -0.4 is 16.8 Å². The molecule has 8 heteroatoms. The third-order valence-corrected chi connectivity index (χ3v) is 5.13. The van der Waals surface area contributed by atoms with Gasteiger partial charge in [0.25, 0.3) is 0 Å². The summed E-state index contributed by atoms with van der Waals surface area (Å²) in [5.74, 6) is -1.08. The molecule has 0 radical (unpaired) electrons. The van der Waals surface area contributed by atoms with Crippen LogP contribution >= 0.6 is 0 Å². The topological polar surface area (TPSA) is 121 Å². The highest BCUT2D eigenvalue weighted by molar-refractivity contribution is 5.89. The smallest absolute Gasteiger partial charge is 0.343 e. The molecule has 0 aliphatic rings. The lowest BCUT2D eigenvalue weighted by Crippen LogP contribution is -2.36. The molecule has 0 spiro atoms. The molecule has 3 rings (SSSR count). The van der Waals surface area contributed by atoms with Crippen molar-refractivity contribution in [3.05, 3.63) is 76.1 Å². The van der Waals surface area contributed by atoms with Gasteiger partial charge in [0.15, 0.2) is 0 Å². The minimum absolute atomic E-state index is 0.125. The first kappa shape index (κ1) is 22.0. The zero-order valence-electron chi connectivity index (χ0n) is 17.7. The number of amides is 2. The number of rotatable bonds is 7. The van der Waals surface area contributed by atoms with E-state index in [1.807, 2.05) is 49.3 Å². The number of hydrogen-bond acceptors (Lipinski definition) is 6. The van der Waals surface area contributed by atoms with Gasteiger partial charge < -0.3 is 20.2 Å². The molecule has 2 aromatic carbocycles. The van der Waals surface area contributed by atoms with Crippen LogP contribution in [0.3, 0.4) is 0 Å². The number of fused-ring (bicyclic) bond motifs is 1. The summed E-state index contributed by atoms with van der Waals surface area (Å²) < 4.78 is 5.55. The molecule has 162 valence electrons. The predicted octanol–water partition coefficient (Wildman–Crippen LogP) is 2.85. The van der Waals surface area contributed by atoms with Gasteiger partial charge in [-0.2, -0.15) is 5.10 Å². The molecule has 3 aromatic rings. The van der Waals surface area contributed by atoms with Crippen LogP contribution in [0.1, 0.15) is 24.0 Å². The summed E-state index contributed by atoms with van der Waals surface area (Å²) in [7, 11) is 3.79. The Labute approximate surface area is 180 Å². The van der Waals surface area contributed by atoms with E-state index >= 15 is 0 Å². The Bertz CT molecular complexity index is 1160. The number of carbonyl (C=O) groups is 1. The summed E-state index contributed by atoms with van der Waals surface area (Å²) in [6.07, 6.45) is 0. The van der Waals surface area contributed by atoms with Crippen LogP contribution in [0.25, 0.3) is 11.0 Å². The van der Waals surface area contributed by atoms with E-state index in [4.69, 9.17) is 10.2 Å². The van der Waals surface area contributed by atoms with Crippen molar-refractivity contribution in [2.24, 2.45) is 16.8 Å². The number of para-hydroxylation sites is 1. The number of hydrogen-bond donors (Lipinski definition) is 3. The Hall–Kier alpha value is -3.65. The molecule has 4 N–H and O–H groups in total. The standard InChI is InChI=1S/C23H26N4O4/c1-14(25-26-23(24)30)17(13-27(2)3)19(15-9-5-4-6-10-15)20-21(28)16-11-7-8-12-18(16)31-22(20)29/h4-12,17,19,28H,13H2,1-3H3,(H3,24,26,30)/b25-14-/t17-,19-/m1/s1. The summed E-state index contributed by atoms with van der Waals surface area (Å²) in [6.45, 7) is 2.24. The number of nitrogens with zero attached hydrogens (tertiary/aromatic N) is 2. The number of aromatic hydroxyl groups is 1. The Morgan fingerprint density at radius 1 is 1.16 bits per heavy atom. The first-order chi connectivity index (χ1) is 14.8. The summed E-state index contributed by atoms with van der Waals surface area (Å²) >= 11 is 0. The molecule has 2 amide bonds. The van der Waals surface area contributed by atoms with Gasteiger partial charge in [0, 0.05) is 24.1 Å². The molecule has 0 saturated heterocycles. The number of urea groups is 1. The first-order valence-electron chi connectivity index (χ1n) is 9.83. The molecule has 0 aliphatic carbocycles. The van der Waals surface area contributed by atoms with Gasteiger partial charge in [-0.1, -0.05) is 42.5 Å². The maximum atomic E-state index is 13.1. The maximum Gasteiger partial charge on any atom is 0.343 e. The Morgan fingerprint density at radius 3 is 2.45 bits per heavy atom. The molecule has 1 heterocycles. The number of hydrazone groups is 1. The van der Waals surface area contributed by atoms with Crippen LogP contribution in [0.2, 0.25) is 0 Å². The second-order valence-electron chi connectivity index (χ2n) is 7.63. The van der Waals surface area contributed by atoms with Crippen molar-refractivity contribution in [1.29, 1.82) is 0 Å². The van der Waals surface area contributed by atoms with E-state index in [1.165, 1.54) is 0 Å². The minimum Gasteiger partial charge on any atom is -0.507 e. The van der Waals surface area contributed by atoms with Crippen molar-refractivity contribution in [3.63, 3.8) is 0 Å². The largest absolute Gasteiger partial charge is 0.507 e. The van der Waals surface area contributed by atoms with Crippen molar-refractivity contribution in [3.8, 4) is 5.75 Å². The summed E-state index contributed by atoms with van der Waals surface area (Å²) in [4.78, 5) is 26.2. The fourth-order valence-corrected chi connectivity index (χ4v) is 3.78. The monoisotopic (exact) mass is 422 g/mol. The third kappa shape index (κ3) is 4.92. The van der Waals surface area contributed by atoms with E-state index in [0.717, 1.165) is 5.56 Å². The molecule has 0 bridgehead atoms. The Morgan fingerprint density at radius 2 is 1.81 bits per heavy atom. The number of benzene rings is 2. The van der Waals surface area contributed by atoms with E-state index < -0.39 is 17.6 Å². The second-order valence-corrected chi connectivity index (χ2v) is 7.63. The third-order valence-electron chi connectivity index (χ3n) is 5.13. The summed E-state index contributed by atoms with van der Waals surface area (Å²) in [6, 6.07) is 15.4. The Kier molecular flexibility index (Phi) is 6.71. The van der Waals surface area contributed by atoms with Crippen molar-refractivity contribution in [1.82, 2.24) is 10.3 Å². The van der Waals surface area contributed by atoms with Crippen LogP contribution in [0.15, 0.2) is 68.9 Å². The minimum atomic E-state index is -0.785. The lowest BCUT2D eigenvalue weighted by atomic mass is 9.78. The van der Waals surface area contributed by atoms with Crippen molar-refractivity contribution in [2.75, 3.05) is 20.6 Å². The summed E-state index contributed by atoms with van der Waals surface area (Å²) in [5.41, 5.74) is 8.63. The fourth-order valence-electron chi connectivity index (χ4n) is 3.78. The average Bonchev–Trinajstić information content (AvgIpc) is 2.74. The zero-order valence-corrected chi connectivity index (χ0v) is 17.7. The zero-order chi connectivity index (χ0) is 22.5. The van der Waals surface area contributed by atoms with Gasteiger partial charge in [-0.25, -0.2) is 15.0 Å². The fraction of sp³-hybridized carbons (Fsp3) is 0.261. The number of nitrogens with one attached hydrogen (secondary N) is 1. The highest BCUT2D eigenvalue weighted by atomic mass is 16.4. The van der Waals surface area contributed by atoms with Gasteiger partial charge >= 0.3 is 11.7 Å². The van der Waals surface area contributed by atoms with Gasteiger partial charge in [0.2, 0.25) is 0 Å². The van der Waals surface area contributed by atoms with E-state index in [1.54, 1.807) is 31.2 Å². The lowest BCUT2D eigenvalue weighted by molar-refractivity contribution is 0.249. The van der Waals surface area contributed by atoms with Crippen LogP contribution in [0.5, 0.6) is 5.75 Å². The van der Waals surface area contributed by atoms with E-state index in [2.05, 4.69) is 10.5 Å². The van der Waals surface area contributed by atoms with Gasteiger partial charge in [0.05, 0.1) is 10.9 Å². The first-order valence-corrected chi connectivity index (χ1v) is 9.83. The molecule has 0 aliphatic heterocycles. The lowest BCUT2D eigenvalue weighted by Gasteiger charge is -2.30. The molecular weight excluding hydrogens is 396 g/mol. The van der Waals surface area contributed by atoms with Gasteiger partial charge in [-0.05, 0) is 38.7 Å². The highest BCUT2D eigenvalue weighted by Gasteiger charge is 2.33. The molecule has 2 atom stereocenters. The van der Waals surface area contributed by atoms with Crippen LogP contribution in [-0.4, -0.2) is 42.4 Å². The quantitative estimate of drug-likeness (QED) is 0.307. The van der Waals surface area contributed by atoms with Crippen LogP contribution in [-0.2, 0) is 0 Å². The highest BCUT2D eigenvalue weighted by Crippen LogP contribution is 2.39. The second kappa shape index (κ2) is 9.44. The maximum absolute atomic E-state index is 13.1. The van der Waals surface area contributed by atoms with Crippen molar-refractivity contribution in [2.45, 2.75) is 12.8 Å². The molecule has 0 unspecified atom stereocenters. The normalized spacial score (nSPS) is 13.9. The molecular formula is C23H26N4O4. The molecule has 0 saturated carbocycles. The summed E-state index contributed by atoms with van der Waals surface area (Å²) in [5, 5.41) is 15.7. The SMILES string of the molecule is C/C(=N/NC(N)=O)[C@@H](CN(C)C)[C@@H](c1ccccc1)c1c(O)c2ccccc2oc1=O.